The van der Waals surface area contributed by atoms with E-state index in [9.17, 15) is 0 Å². The van der Waals surface area contributed by atoms with Crippen LogP contribution in [0.4, 0.5) is 0 Å². The lowest BCUT2D eigenvalue weighted by molar-refractivity contribution is 0.0309. The maximum atomic E-state index is 5.61. The predicted octanol–water partition coefficient (Wildman–Crippen LogP) is 1.77. The lowest BCUT2D eigenvalue weighted by atomic mass is 9.78. The summed E-state index contributed by atoms with van der Waals surface area (Å²) in [5.74, 6) is 2.12. The van der Waals surface area contributed by atoms with E-state index in [1.807, 2.05) is 6.92 Å². The van der Waals surface area contributed by atoms with E-state index in [0.29, 0.717) is 11.8 Å². The van der Waals surface area contributed by atoms with Crippen LogP contribution in [0.3, 0.4) is 0 Å². The Morgan fingerprint density at radius 1 is 1.20 bits per heavy atom. The fraction of sp³-hybridized carbons (Fsp3) is 0.667. The highest BCUT2D eigenvalue weighted by Crippen LogP contribution is 2.37. The van der Waals surface area contributed by atoms with Gasteiger partial charge in [-0.15, -0.1) is 0 Å². The van der Waals surface area contributed by atoms with Gasteiger partial charge in [-0.05, 0) is 38.2 Å². The summed E-state index contributed by atoms with van der Waals surface area (Å²) in [6, 6.07) is 0. The lowest BCUT2D eigenvalue weighted by Gasteiger charge is -2.35. The highest BCUT2D eigenvalue weighted by molar-refractivity contribution is 5.31. The molecule has 0 amide bonds. The van der Waals surface area contributed by atoms with Crippen LogP contribution in [-0.2, 0) is 11.2 Å². The average Bonchev–Trinajstić information content (AvgIpc) is 2.21. The molecule has 3 nitrogen and oxygen atoms in total. The normalized spacial score (nSPS) is 28.7. The van der Waals surface area contributed by atoms with Gasteiger partial charge in [-0.3, -0.25) is 0 Å². The van der Waals surface area contributed by atoms with Crippen LogP contribution < -0.4 is 0 Å². The molecule has 1 saturated heterocycles. The highest BCUT2D eigenvalue weighted by Gasteiger charge is 2.33. The number of hydrogen-bond donors (Lipinski definition) is 0. The van der Waals surface area contributed by atoms with Crippen LogP contribution in [0.2, 0.25) is 0 Å². The van der Waals surface area contributed by atoms with Gasteiger partial charge in [0.05, 0.1) is 12.3 Å². The van der Waals surface area contributed by atoms with Crippen molar-refractivity contribution in [3.05, 3.63) is 22.8 Å². The van der Waals surface area contributed by atoms with Crippen LogP contribution in [0.25, 0.3) is 0 Å². The molecule has 1 aliphatic carbocycles. The number of nitrogens with zero attached hydrogens (tertiary/aromatic N) is 2. The minimum absolute atomic E-state index is 0.521. The Balaban J connectivity index is 2.12. The average molecular weight is 204 g/mol. The van der Waals surface area contributed by atoms with Gasteiger partial charge in [0, 0.05) is 18.2 Å². The molecule has 2 atom stereocenters. The topological polar surface area (TPSA) is 35.0 Å². The predicted molar refractivity (Wildman–Crippen MR) is 56.9 cm³/mol. The van der Waals surface area contributed by atoms with Gasteiger partial charge in [0.15, 0.2) is 0 Å². The third kappa shape index (κ3) is 1.46. The van der Waals surface area contributed by atoms with E-state index in [4.69, 9.17) is 4.74 Å². The second-order valence-corrected chi connectivity index (χ2v) is 4.76. The molecule has 2 unspecified atom stereocenters. The van der Waals surface area contributed by atoms with Crippen LogP contribution in [0.1, 0.15) is 35.1 Å². The van der Waals surface area contributed by atoms with Crippen molar-refractivity contribution in [1.29, 1.82) is 0 Å². The molecule has 2 bridgehead atoms. The fourth-order valence-electron chi connectivity index (χ4n) is 2.89. The number of aromatic nitrogens is 2. The molecule has 80 valence electrons. The zero-order chi connectivity index (χ0) is 10.4. The van der Waals surface area contributed by atoms with Crippen molar-refractivity contribution < 1.29 is 4.74 Å². The van der Waals surface area contributed by atoms with Crippen molar-refractivity contribution >= 4 is 0 Å². The molecule has 1 aromatic heterocycles. The first-order chi connectivity index (χ1) is 7.24. The monoisotopic (exact) mass is 204 g/mol. The van der Waals surface area contributed by atoms with E-state index in [1.165, 1.54) is 23.4 Å². The largest absolute Gasteiger partial charge is 0.380 e. The smallest absolute Gasteiger partial charge is 0.125 e. The lowest BCUT2D eigenvalue weighted by Crippen LogP contribution is -2.32. The first kappa shape index (κ1) is 9.28. The van der Waals surface area contributed by atoms with Crippen LogP contribution in [-0.4, -0.2) is 23.2 Å². The van der Waals surface area contributed by atoms with Crippen LogP contribution >= 0.6 is 0 Å². The van der Waals surface area contributed by atoms with Crippen LogP contribution in [0, 0.1) is 19.8 Å². The molecule has 2 heterocycles. The molecule has 0 radical (unpaired) electrons. The Bertz CT molecular complexity index is 403. The third-order valence-corrected chi connectivity index (χ3v) is 3.53. The standard InChI is InChI=1S/C12H16N2O/c1-7-11-4-9-3-10(6-15-5-9)12(11)14-8(2)13-7/h9-10H,3-6H2,1-2H3. The SMILES string of the molecule is Cc1nc(C)c2c(n1)C1COCC(C2)C1. The Kier molecular flexibility index (Phi) is 2.02. The fourth-order valence-corrected chi connectivity index (χ4v) is 2.89. The van der Waals surface area contributed by atoms with E-state index in [-0.39, 0.29) is 0 Å². The van der Waals surface area contributed by atoms with E-state index in [2.05, 4.69) is 16.9 Å². The number of aryl methyl sites for hydroxylation is 2. The van der Waals surface area contributed by atoms with Crippen molar-refractivity contribution in [2.75, 3.05) is 13.2 Å². The van der Waals surface area contributed by atoms with Gasteiger partial charge in [0.1, 0.15) is 5.82 Å². The second-order valence-electron chi connectivity index (χ2n) is 4.76. The molecule has 0 spiro atoms. The van der Waals surface area contributed by atoms with E-state index in [0.717, 1.165) is 25.5 Å². The minimum Gasteiger partial charge on any atom is -0.380 e. The number of rotatable bonds is 0. The third-order valence-electron chi connectivity index (χ3n) is 3.53. The summed E-state index contributed by atoms with van der Waals surface area (Å²) in [4.78, 5) is 9.07. The molecule has 1 fully saturated rings. The number of ether oxygens (including phenoxy) is 1. The van der Waals surface area contributed by atoms with Gasteiger partial charge in [-0.25, -0.2) is 9.97 Å². The molecule has 3 heteroatoms. The Morgan fingerprint density at radius 2 is 2.07 bits per heavy atom. The van der Waals surface area contributed by atoms with E-state index < -0.39 is 0 Å². The van der Waals surface area contributed by atoms with Gasteiger partial charge in [-0.1, -0.05) is 0 Å². The van der Waals surface area contributed by atoms with E-state index in [1.54, 1.807) is 0 Å². The summed E-state index contributed by atoms with van der Waals surface area (Å²) in [6.07, 6.45) is 2.36. The Morgan fingerprint density at radius 3 is 2.93 bits per heavy atom. The summed E-state index contributed by atoms with van der Waals surface area (Å²) >= 11 is 0. The zero-order valence-corrected chi connectivity index (χ0v) is 9.29. The van der Waals surface area contributed by atoms with Crippen LogP contribution in [0.5, 0.6) is 0 Å². The molecular weight excluding hydrogens is 188 g/mol. The molecule has 0 saturated carbocycles. The van der Waals surface area contributed by atoms with Gasteiger partial charge in [0.2, 0.25) is 0 Å². The van der Waals surface area contributed by atoms with Gasteiger partial charge in [0.25, 0.3) is 0 Å². The zero-order valence-electron chi connectivity index (χ0n) is 9.29. The van der Waals surface area contributed by atoms with Crippen molar-refractivity contribution in [2.45, 2.75) is 32.6 Å². The first-order valence-corrected chi connectivity index (χ1v) is 5.66. The van der Waals surface area contributed by atoms with Gasteiger partial charge >= 0.3 is 0 Å². The molecule has 0 aromatic carbocycles. The summed E-state index contributed by atoms with van der Waals surface area (Å²) < 4.78 is 5.61. The maximum Gasteiger partial charge on any atom is 0.125 e. The molecule has 2 aliphatic rings. The van der Waals surface area contributed by atoms with Crippen molar-refractivity contribution in [2.24, 2.45) is 5.92 Å². The van der Waals surface area contributed by atoms with E-state index >= 15 is 0 Å². The summed E-state index contributed by atoms with van der Waals surface area (Å²) in [7, 11) is 0. The molecule has 0 N–H and O–H groups in total. The van der Waals surface area contributed by atoms with Crippen LogP contribution in [0.15, 0.2) is 0 Å². The summed E-state index contributed by atoms with van der Waals surface area (Å²) in [6.45, 7) is 5.85. The number of hydrogen-bond acceptors (Lipinski definition) is 3. The second kappa shape index (κ2) is 3.27. The number of fused-ring (bicyclic) bond motifs is 4. The van der Waals surface area contributed by atoms with Gasteiger partial charge < -0.3 is 4.74 Å². The Labute approximate surface area is 89.9 Å². The van der Waals surface area contributed by atoms with Crippen molar-refractivity contribution in [1.82, 2.24) is 9.97 Å². The molecule has 1 aromatic rings. The molecule has 3 rings (SSSR count). The maximum absolute atomic E-state index is 5.61. The van der Waals surface area contributed by atoms with Gasteiger partial charge in [-0.2, -0.15) is 0 Å². The molecule has 15 heavy (non-hydrogen) atoms. The molecular formula is C12H16N2O. The van der Waals surface area contributed by atoms with Crippen molar-refractivity contribution in [3.63, 3.8) is 0 Å². The summed E-state index contributed by atoms with van der Waals surface area (Å²) in [5.41, 5.74) is 3.83. The minimum atomic E-state index is 0.521. The molecule has 1 aliphatic heterocycles. The Hall–Kier alpha value is -0.960. The summed E-state index contributed by atoms with van der Waals surface area (Å²) in [5, 5.41) is 0. The quantitative estimate of drug-likeness (QED) is 0.646. The van der Waals surface area contributed by atoms with Crippen molar-refractivity contribution in [3.8, 4) is 0 Å². The first-order valence-electron chi connectivity index (χ1n) is 5.66. The highest BCUT2D eigenvalue weighted by atomic mass is 16.5.